The summed E-state index contributed by atoms with van der Waals surface area (Å²) >= 11 is 0. The molecular formula is C23H41MgNO4. The van der Waals surface area contributed by atoms with E-state index < -0.39 is 18.0 Å². The van der Waals surface area contributed by atoms with Crippen LogP contribution in [0.4, 0.5) is 0 Å². The van der Waals surface area contributed by atoms with Crippen LogP contribution in [0.15, 0.2) is 12.2 Å². The third kappa shape index (κ3) is 23.6. The number of carboxylic acids is 2. The number of aliphatic carboxylic acids is 2. The van der Waals surface area contributed by atoms with Gasteiger partial charge in [-0.3, -0.25) is 0 Å². The zero-order valence-corrected chi connectivity index (χ0v) is 20.0. The molecule has 1 atom stereocenters. The minimum absolute atomic E-state index is 0. The van der Waals surface area contributed by atoms with Gasteiger partial charge in [-0.1, -0.05) is 76.9 Å². The molecule has 5 nitrogen and oxygen atoms in total. The van der Waals surface area contributed by atoms with Crippen LogP contribution in [0.3, 0.4) is 0 Å². The van der Waals surface area contributed by atoms with Crippen molar-refractivity contribution in [1.29, 1.82) is 0 Å². The topological polar surface area (TPSA) is 92.3 Å². The molecule has 0 saturated carbocycles. The van der Waals surface area contributed by atoms with Gasteiger partial charge in [-0.2, -0.15) is 0 Å². The minimum Gasteiger partial charge on any atom is -0.550 e. The molecule has 164 valence electrons. The predicted molar refractivity (Wildman–Crippen MR) is 116 cm³/mol. The number of hydrogen-bond acceptors (Lipinski definition) is 5. The van der Waals surface area contributed by atoms with E-state index in [1.807, 2.05) is 0 Å². The van der Waals surface area contributed by atoms with Crippen LogP contribution in [0, 0.1) is 0 Å². The maximum atomic E-state index is 10.9. The summed E-state index contributed by atoms with van der Waals surface area (Å²) in [5.41, 5.74) is 0. The number of rotatable bonds is 21. The van der Waals surface area contributed by atoms with Crippen molar-refractivity contribution in [3.05, 3.63) is 12.2 Å². The summed E-state index contributed by atoms with van der Waals surface area (Å²) in [6.45, 7) is 2.83. The van der Waals surface area contributed by atoms with Gasteiger partial charge in [-0.05, 0) is 51.5 Å². The third-order valence-corrected chi connectivity index (χ3v) is 5.00. The normalized spacial score (nSPS) is 12.0. The molecule has 0 unspecified atom stereocenters. The number of carboxylic acid groups (broad SMARTS) is 2. The second-order valence-corrected chi connectivity index (χ2v) is 7.67. The molecule has 0 spiro atoms. The number of carbonyl (C=O) groups excluding carboxylic acids is 2. The van der Waals surface area contributed by atoms with Crippen molar-refractivity contribution in [3.8, 4) is 0 Å². The molecule has 0 fully saturated rings. The zero-order valence-electron chi connectivity index (χ0n) is 18.6. The summed E-state index contributed by atoms with van der Waals surface area (Å²) in [5, 5.41) is 24.2. The summed E-state index contributed by atoms with van der Waals surface area (Å²) in [7, 11) is 0. The van der Waals surface area contributed by atoms with E-state index in [0.717, 1.165) is 19.3 Å². The van der Waals surface area contributed by atoms with Gasteiger partial charge < -0.3 is 25.1 Å². The molecule has 0 aliphatic heterocycles. The Morgan fingerprint density at radius 3 is 1.76 bits per heavy atom. The van der Waals surface area contributed by atoms with E-state index >= 15 is 0 Å². The van der Waals surface area contributed by atoms with Crippen LogP contribution >= 0.6 is 0 Å². The minimum atomic E-state index is -1.24. The standard InChI is InChI=1S/C23H43NO4.Mg/c1-2-3-4-5-6-7-8-9-10-11-12-13-14-15-16-17-20-24-21(23(27)28)18-19-22(25)26;/h9-10,21,24H,2-8,11-20H2,1H3,(H,25,26)(H,27,28);/q;+2/p-2/b10-9-;/t21-;/m0./s1. The van der Waals surface area contributed by atoms with Crippen molar-refractivity contribution >= 4 is 35.0 Å². The van der Waals surface area contributed by atoms with Gasteiger partial charge >= 0.3 is 23.1 Å². The molecule has 0 radical (unpaired) electrons. The van der Waals surface area contributed by atoms with E-state index in [0.29, 0.717) is 6.54 Å². The first kappa shape index (κ1) is 30.6. The molecule has 0 aliphatic rings. The molecule has 0 heterocycles. The summed E-state index contributed by atoms with van der Waals surface area (Å²) in [6, 6.07) is -0.902. The monoisotopic (exact) mass is 419 g/mol. The molecule has 29 heavy (non-hydrogen) atoms. The van der Waals surface area contributed by atoms with E-state index in [1.165, 1.54) is 70.6 Å². The van der Waals surface area contributed by atoms with Crippen LogP contribution in [0.2, 0.25) is 0 Å². The summed E-state index contributed by atoms with van der Waals surface area (Å²) in [6.07, 6.45) is 21.7. The van der Waals surface area contributed by atoms with E-state index in [1.54, 1.807) is 0 Å². The first-order valence-electron chi connectivity index (χ1n) is 11.4. The predicted octanol–water partition coefficient (Wildman–Crippen LogP) is 2.88. The van der Waals surface area contributed by atoms with Gasteiger partial charge in [0.1, 0.15) is 0 Å². The van der Waals surface area contributed by atoms with Crippen molar-refractivity contribution in [2.75, 3.05) is 6.54 Å². The number of carbonyl (C=O) groups is 2. The molecule has 0 saturated heterocycles. The largest absolute Gasteiger partial charge is 2.00 e. The molecule has 0 amide bonds. The van der Waals surface area contributed by atoms with Crippen molar-refractivity contribution in [2.45, 2.75) is 116 Å². The fraction of sp³-hybridized carbons (Fsp3) is 0.826. The van der Waals surface area contributed by atoms with Crippen LogP contribution in [0.1, 0.15) is 110 Å². The second-order valence-electron chi connectivity index (χ2n) is 7.67. The number of unbranched alkanes of at least 4 members (excludes halogenated alkanes) is 12. The first-order chi connectivity index (χ1) is 13.6. The molecule has 6 heteroatoms. The number of allylic oxidation sites excluding steroid dienone is 2. The van der Waals surface area contributed by atoms with E-state index in [4.69, 9.17) is 0 Å². The molecule has 0 aromatic heterocycles. The van der Waals surface area contributed by atoms with Gasteiger partial charge in [0, 0.05) is 12.0 Å². The molecule has 0 aliphatic carbocycles. The number of nitrogens with one attached hydrogen (secondary N) is 1. The Bertz CT molecular complexity index is 416. The molecule has 1 N–H and O–H groups in total. The van der Waals surface area contributed by atoms with Crippen LogP contribution in [-0.4, -0.2) is 47.6 Å². The van der Waals surface area contributed by atoms with Gasteiger partial charge in [-0.15, -0.1) is 0 Å². The van der Waals surface area contributed by atoms with Crippen LogP contribution in [-0.2, 0) is 9.59 Å². The summed E-state index contributed by atoms with van der Waals surface area (Å²) in [5.74, 6) is -2.48. The van der Waals surface area contributed by atoms with E-state index in [2.05, 4.69) is 24.4 Å². The Balaban J connectivity index is 0. The molecule has 0 aromatic carbocycles. The van der Waals surface area contributed by atoms with Gasteiger partial charge in [0.05, 0.1) is 5.97 Å². The van der Waals surface area contributed by atoms with Crippen LogP contribution < -0.4 is 15.5 Å². The average Bonchev–Trinajstić information content (AvgIpc) is 2.66. The van der Waals surface area contributed by atoms with Gasteiger partial charge in [0.25, 0.3) is 0 Å². The Hall–Kier alpha value is -0.594. The zero-order chi connectivity index (χ0) is 20.9. The molecule has 0 aromatic rings. The smallest absolute Gasteiger partial charge is 0.550 e. The summed E-state index contributed by atoms with van der Waals surface area (Å²) < 4.78 is 0. The van der Waals surface area contributed by atoms with E-state index in [-0.39, 0.29) is 35.9 Å². The summed E-state index contributed by atoms with van der Waals surface area (Å²) in [4.78, 5) is 21.3. The van der Waals surface area contributed by atoms with Crippen LogP contribution in [0.25, 0.3) is 0 Å². The third-order valence-electron chi connectivity index (χ3n) is 5.00. The fourth-order valence-corrected chi connectivity index (χ4v) is 3.21. The van der Waals surface area contributed by atoms with Crippen molar-refractivity contribution in [2.24, 2.45) is 0 Å². The Labute approximate surface area is 194 Å². The second kappa shape index (κ2) is 23.7. The molecular weight excluding hydrogens is 379 g/mol. The van der Waals surface area contributed by atoms with Gasteiger partial charge in [0.15, 0.2) is 0 Å². The van der Waals surface area contributed by atoms with E-state index in [9.17, 15) is 19.8 Å². The van der Waals surface area contributed by atoms with Crippen LogP contribution in [0.5, 0.6) is 0 Å². The average molecular weight is 420 g/mol. The SMILES string of the molecule is CCCCCCCC/C=C\CCCCCCCCN[C@@H](CCC(=O)[O-])C(=O)[O-].[Mg+2]. The number of hydrogen-bond donors (Lipinski definition) is 1. The van der Waals surface area contributed by atoms with Crippen molar-refractivity contribution < 1.29 is 19.8 Å². The quantitative estimate of drug-likeness (QED) is 0.175. The first-order valence-corrected chi connectivity index (χ1v) is 11.4. The molecule has 0 rings (SSSR count). The van der Waals surface area contributed by atoms with Crippen molar-refractivity contribution in [3.63, 3.8) is 0 Å². The van der Waals surface area contributed by atoms with Crippen molar-refractivity contribution in [1.82, 2.24) is 5.32 Å². The maximum absolute atomic E-state index is 10.9. The maximum Gasteiger partial charge on any atom is 2.00 e. The van der Waals surface area contributed by atoms with Gasteiger partial charge in [-0.25, -0.2) is 0 Å². The fourth-order valence-electron chi connectivity index (χ4n) is 3.21. The van der Waals surface area contributed by atoms with Gasteiger partial charge in [0.2, 0.25) is 0 Å². The Morgan fingerprint density at radius 2 is 1.28 bits per heavy atom. The molecule has 0 bridgehead atoms. The Kier molecular flexibility index (Phi) is 25.0. The Morgan fingerprint density at radius 1 is 0.793 bits per heavy atom.